The number of thioether (sulfide) groups is 1. The molecule has 0 saturated heterocycles. The lowest BCUT2D eigenvalue weighted by molar-refractivity contribution is -0.142. The number of aliphatic carboxylic acids is 1. The quantitative estimate of drug-likeness (QED) is 0.186. The van der Waals surface area contributed by atoms with E-state index in [1.807, 2.05) is 20.1 Å². The first kappa shape index (κ1) is 27.7. The van der Waals surface area contributed by atoms with E-state index in [0.717, 1.165) is 0 Å². The minimum absolute atomic E-state index is 0.0467. The standard InChI is InChI=1S/C18H33N5O6S/c1-9(2)7-13(18(28)29)23-17(27)12(5-6-30-4)22-15(25)10(3)21-16(26)11(19)8-14(20)24/h9-13H,5-8,19H2,1-4H3,(H2,20,24)(H,21,26)(H,22,25)(H,23,27)(H,28,29). The van der Waals surface area contributed by atoms with Crippen molar-refractivity contribution in [3.05, 3.63) is 0 Å². The Balaban J connectivity index is 5.06. The van der Waals surface area contributed by atoms with Crippen LogP contribution < -0.4 is 27.4 Å². The molecule has 4 unspecified atom stereocenters. The highest BCUT2D eigenvalue weighted by atomic mass is 32.2. The van der Waals surface area contributed by atoms with Gasteiger partial charge in [0.15, 0.2) is 0 Å². The van der Waals surface area contributed by atoms with E-state index in [9.17, 15) is 29.1 Å². The topological polar surface area (TPSA) is 194 Å². The van der Waals surface area contributed by atoms with Crippen molar-refractivity contribution in [3.8, 4) is 0 Å². The molecule has 0 aliphatic heterocycles. The average molecular weight is 448 g/mol. The molecule has 11 nitrogen and oxygen atoms in total. The van der Waals surface area contributed by atoms with Gasteiger partial charge in [-0.1, -0.05) is 13.8 Å². The molecule has 0 aromatic rings. The largest absolute Gasteiger partial charge is 0.480 e. The molecule has 0 rings (SSSR count). The number of hydrogen-bond acceptors (Lipinski definition) is 7. The third kappa shape index (κ3) is 11.0. The number of amides is 4. The fourth-order valence-electron chi connectivity index (χ4n) is 2.46. The van der Waals surface area contributed by atoms with Crippen molar-refractivity contribution in [2.24, 2.45) is 17.4 Å². The molecule has 0 saturated carbocycles. The predicted molar refractivity (Wildman–Crippen MR) is 113 cm³/mol. The molecular formula is C18H33N5O6S. The summed E-state index contributed by atoms with van der Waals surface area (Å²) in [6.07, 6.45) is 1.98. The molecule has 0 radical (unpaired) electrons. The minimum Gasteiger partial charge on any atom is -0.480 e. The smallest absolute Gasteiger partial charge is 0.326 e. The number of carbonyl (C=O) groups excluding carboxylic acids is 4. The first-order valence-electron chi connectivity index (χ1n) is 9.55. The van der Waals surface area contributed by atoms with E-state index in [2.05, 4.69) is 16.0 Å². The van der Waals surface area contributed by atoms with Crippen LogP contribution in [0.3, 0.4) is 0 Å². The Morgan fingerprint density at radius 3 is 1.97 bits per heavy atom. The number of carboxylic acid groups (broad SMARTS) is 1. The SMILES string of the molecule is CSCCC(NC(=O)C(C)NC(=O)C(N)CC(N)=O)C(=O)NC(CC(C)C)C(=O)O. The molecule has 4 atom stereocenters. The summed E-state index contributed by atoms with van der Waals surface area (Å²) in [4.78, 5) is 59.2. The van der Waals surface area contributed by atoms with Crippen molar-refractivity contribution < 1.29 is 29.1 Å². The molecule has 0 heterocycles. The third-order valence-corrected chi connectivity index (χ3v) is 4.72. The Morgan fingerprint density at radius 2 is 1.50 bits per heavy atom. The summed E-state index contributed by atoms with van der Waals surface area (Å²) in [6, 6.07) is -4.28. The Kier molecular flexibility index (Phi) is 12.7. The molecular weight excluding hydrogens is 414 g/mol. The van der Waals surface area contributed by atoms with E-state index in [4.69, 9.17) is 11.5 Å². The van der Waals surface area contributed by atoms with Gasteiger partial charge in [0.1, 0.15) is 18.1 Å². The Bertz CT molecular complexity index is 630. The fraction of sp³-hybridized carbons (Fsp3) is 0.722. The highest BCUT2D eigenvalue weighted by Gasteiger charge is 2.29. The van der Waals surface area contributed by atoms with Crippen LogP contribution in [0.15, 0.2) is 0 Å². The number of carboxylic acids is 1. The van der Waals surface area contributed by atoms with Gasteiger partial charge < -0.3 is 32.5 Å². The van der Waals surface area contributed by atoms with Crippen LogP contribution in [0.2, 0.25) is 0 Å². The van der Waals surface area contributed by atoms with E-state index in [0.29, 0.717) is 5.75 Å². The van der Waals surface area contributed by atoms with Gasteiger partial charge in [-0.2, -0.15) is 11.8 Å². The lowest BCUT2D eigenvalue weighted by Gasteiger charge is -2.24. The zero-order valence-corrected chi connectivity index (χ0v) is 18.6. The van der Waals surface area contributed by atoms with E-state index in [1.54, 1.807) is 0 Å². The summed E-state index contributed by atoms with van der Waals surface area (Å²) in [5.41, 5.74) is 10.5. The molecule has 0 aromatic carbocycles. The molecule has 12 heteroatoms. The van der Waals surface area contributed by atoms with Crippen molar-refractivity contribution in [2.75, 3.05) is 12.0 Å². The predicted octanol–water partition coefficient (Wildman–Crippen LogP) is -1.45. The van der Waals surface area contributed by atoms with Crippen molar-refractivity contribution in [2.45, 2.75) is 64.2 Å². The van der Waals surface area contributed by atoms with E-state index >= 15 is 0 Å². The van der Waals surface area contributed by atoms with Crippen LogP contribution in [0.25, 0.3) is 0 Å². The van der Waals surface area contributed by atoms with Gasteiger partial charge in [0.05, 0.1) is 12.5 Å². The Hall–Kier alpha value is -2.34. The molecule has 0 bridgehead atoms. The second-order valence-corrected chi connectivity index (χ2v) is 8.36. The maximum Gasteiger partial charge on any atom is 0.326 e. The van der Waals surface area contributed by atoms with Crippen molar-refractivity contribution in [3.63, 3.8) is 0 Å². The lowest BCUT2D eigenvalue weighted by Crippen LogP contribution is -2.56. The normalized spacial score (nSPS) is 14.9. The van der Waals surface area contributed by atoms with Crippen LogP contribution in [-0.2, 0) is 24.0 Å². The molecule has 0 fully saturated rings. The van der Waals surface area contributed by atoms with Crippen molar-refractivity contribution in [1.82, 2.24) is 16.0 Å². The minimum atomic E-state index is -1.19. The molecule has 0 aliphatic rings. The number of hydrogen-bond donors (Lipinski definition) is 6. The van der Waals surface area contributed by atoms with E-state index in [-0.39, 0.29) is 25.2 Å². The average Bonchev–Trinajstić information content (AvgIpc) is 2.62. The van der Waals surface area contributed by atoms with Crippen LogP contribution >= 0.6 is 11.8 Å². The van der Waals surface area contributed by atoms with Gasteiger partial charge in [-0.15, -0.1) is 0 Å². The molecule has 0 aromatic heterocycles. The zero-order valence-electron chi connectivity index (χ0n) is 17.8. The number of primary amides is 1. The molecule has 172 valence electrons. The maximum atomic E-state index is 12.6. The molecule has 0 aliphatic carbocycles. The summed E-state index contributed by atoms with van der Waals surface area (Å²) in [6.45, 7) is 5.07. The third-order valence-electron chi connectivity index (χ3n) is 4.08. The van der Waals surface area contributed by atoms with E-state index in [1.165, 1.54) is 18.7 Å². The van der Waals surface area contributed by atoms with E-state index < -0.39 is 53.8 Å². The number of nitrogens with two attached hydrogens (primary N) is 2. The molecule has 30 heavy (non-hydrogen) atoms. The first-order valence-corrected chi connectivity index (χ1v) is 10.9. The van der Waals surface area contributed by atoms with Gasteiger partial charge in [0.2, 0.25) is 23.6 Å². The molecule has 8 N–H and O–H groups in total. The van der Waals surface area contributed by atoms with Gasteiger partial charge in [0.25, 0.3) is 0 Å². The first-order chi connectivity index (χ1) is 13.9. The molecule has 4 amide bonds. The summed E-state index contributed by atoms with van der Waals surface area (Å²) in [5.74, 6) is -3.31. The van der Waals surface area contributed by atoms with Crippen LogP contribution in [0.4, 0.5) is 0 Å². The summed E-state index contributed by atoms with van der Waals surface area (Å²) in [5, 5.41) is 16.7. The van der Waals surface area contributed by atoms with Crippen molar-refractivity contribution >= 4 is 41.4 Å². The second-order valence-electron chi connectivity index (χ2n) is 7.38. The van der Waals surface area contributed by atoms with Crippen LogP contribution in [0.1, 0.15) is 40.0 Å². The zero-order chi connectivity index (χ0) is 23.4. The fourth-order valence-corrected chi connectivity index (χ4v) is 2.93. The van der Waals surface area contributed by atoms with Crippen LogP contribution in [-0.4, -0.2) is 70.9 Å². The van der Waals surface area contributed by atoms with Gasteiger partial charge >= 0.3 is 5.97 Å². The van der Waals surface area contributed by atoms with Gasteiger partial charge in [-0.05, 0) is 37.7 Å². The van der Waals surface area contributed by atoms with Gasteiger partial charge in [0, 0.05) is 0 Å². The van der Waals surface area contributed by atoms with Gasteiger partial charge in [-0.25, -0.2) is 4.79 Å². The maximum absolute atomic E-state index is 12.6. The van der Waals surface area contributed by atoms with Gasteiger partial charge in [-0.3, -0.25) is 19.2 Å². The highest BCUT2D eigenvalue weighted by Crippen LogP contribution is 2.07. The monoisotopic (exact) mass is 447 g/mol. The number of carbonyl (C=O) groups is 5. The Morgan fingerprint density at radius 1 is 0.933 bits per heavy atom. The molecule has 0 spiro atoms. The second kappa shape index (κ2) is 13.8. The van der Waals surface area contributed by atoms with Crippen LogP contribution in [0.5, 0.6) is 0 Å². The lowest BCUT2D eigenvalue weighted by atomic mass is 10.0. The van der Waals surface area contributed by atoms with Crippen molar-refractivity contribution in [1.29, 1.82) is 0 Å². The number of rotatable bonds is 14. The number of nitrogens with one attached hydrogen (secondary N) is 3. The summed E-state index contributed by atoms with van der Waals surface area (Å²) < 4.78 is 0. The highest BCUT2D eigenvalue weighted by molar-refractivity contribution is 7.98. The summed E-state index contributed by atoms with van der Waals surface area (Å²) >= 11 is 1.46. The van der Waals surface area contributed by atoms with Crippen LogP contribution in [0, 0.1) is 5.92 Å². The Labute approximate surface area is 180 Å². The summed E-state index contributed by atoms with van der Waals surface area (Å²) in [7, 11) is 0.